The van der Waals surface area contributed by atoms with Crippen molar-refractivity contribution in [3.8, 4) is 17.1 Å². The molecule has 0 radical (unpaired) electrons. The zero-order valence-corrected chi connectivity index (χ0v) is 16.0. The van der Waals surface area contributed by atoms with Gasteiger partial charge >= 0.3 is 5.97 Å². The number of hydrogen-bond acceptors (Lipinski definition) is 4. The van der Waals surface area contributed by atoms with E-state index >= 15 is 0 Å². The highest BCUT2D eigenvalue weighted by Gasteiger charge is 2.31. The standard InChI is InChI=1S/C22H19N3O4/c1-12(2)17-9-15-14-5-4-13(25-7-3-6-23-25)8-20(14)29-21(15)18-10-19(26)16(22(27)28)11-24(17)18/h3-8,10-12,17H,9H2,1-2H3,(H,27,28)/t17-/m0/s1. The van der Waals surface area contributed by atoms with Crippen LogP contribution in [0.2, 0.25) is 0 Å². The van der Waals surface area contributed by atoms with E-state index in [2.05, 4.69) is 18.9 Å². The monoisotopic (exact) mass is 389 g/mol. The molecule has 7 nitrogen and oxygen atoms in total. The third kappa shape index (κ3) is 2.61. The Morgan fingerprint density at radius 3 is 2.83 bits per heavy atom. The molecule has 4 aromatic rings. The number of aromatic nitrogens is 3. The molecule has 1 aliphatic rings. The van der Waals surface area contributed by atoms with Crippen LogP contribution in [0.4, 0.5) is 0 Å². The van der Waals surface area contributed by atoms with Gasteiger partial charge in [-0.1, -0.05) is 13.8 Å². The van der Waals surface area contributed by atoms with Crippen molar-refractivity contribution in [3.05, 3.63) is 70.3 Å². The summed E-state index contributed by atoms with van der Waals surface area (Å²) in [6, 6.07) is 9.21. The van der Waals surface area contributed by atoms with Crippen LogP contribution in [0.5, 0.6) is 0 Å². The first kappa shape index (κ1) is 17.5. The van der Waals surface area contributed by atoms with Crippen LogP contribution in [0, 0.1) is 5.92 Å². The molecule has 146 valence electrons. The summed E-state index contributed by atoms with van der Waals surface area (Å²) in [7, 11) is 0. The first-order valence-electron chi connectivity index (χ1n) is 9.49. The maximum Gasteiger partial charge on any atom is 0.341 e. The molecule has 1 aromatic carbocycles. The van der Waals surface area contributed by atoms with Gasteiger partial charge in [-0.15, -0.1) is 0 Å². The molecular formula is C22H19N3O4. The van der Waals surface area contributed by atoms with Crippen molar-refractivity contribution in [2.24, 2.45) is 5.92 Å². The summed E-state index contributed by atoms with van der Waals surface area (Å²) in [5.74, 6) is -0.338. The fourth-order valence-corrected chi connectivity index (χ4v) is 4.14. The minimum absolute atomic E-state index is 0.0304. The number of pyridine rings is 1. The molecule has 5 rings (SSSR count). The van der Waals surface area contributed by atoms with Crippen LogP contribution >= 0.6 is 0 Å². The molecule has 4 heterocycles. The van der Waals surface area contributed by atoms with Crippen molar-refractivity contribution in [1.29, 1.82) is 0 Å². The van der Waals surface area contributed by atoms with Gasteiger partial charge in [0.15, 0.2) is 11.2 Å². The van der Waals surface area contributed by atoms with Gasteiger partial charge < -0.3 is 14.1 Å². The van der Waals surface area contributed by atoms with Crippen LogP contribution in [-0.4, -0.2) is 25.4 Å². The largest absolute Gasteiger partial charge is 0.477 e. The minimum Gasteiger partial charge on any atom is -0.477 e. The number of fused-ring (bicyclic) bond motifs is 5. The lowest BCUT2D eigenvalue weighted by atomic mass is 9.89. The molecule has 7 heteroatoms. The van der Waals surface area contributed by atoms with Crippen LogP contribution in [0.15, 0.2) is 58.1 Å². The predicted molar refractivity (Wildman–Crippen MR) is 108 cm³/mol. The lowest BCUT2D eigenvalue weighted by Crippen LogP contribution is -2.27. The van der Waals surface area contributed by atoms with Crippen molar-refractivity contribution in [1.82, 2.24) is 14.3 Å². The number of carbonyl (C=O) groups is 1. The Balaban J connectivity index is 1.76. The first-order valence-corrected chi connectivity index (χ1v) is 9.49. The number of hydrogen-bond donors (Lipinski definition) is 1. The minimum atomic E-state index is -1.22. The zero-order valence-electron chi connectivity index (χ0n) is 16.0. The lowest BCUT2D eigenvalue weighted by molar-refractivity contribution is 0.0694. The molecule has 0 spiro atoms. The molecule has 0 saturated heterocycles. The smallest absolute Gasteiger partial charge is 0.341 e. The topological polar surface area (TPSA) is 90.3 Å². The number of carboxylic acids is 1. The van der Waals surface area contributed by atoms with Gasteiger partial charge in [0.25, 0.3) is 0 Å². The van der Waals surface area contributed by atoms with Gasteiger partial charge in [-0.2, -0.15) is 5.10 Å². The molecule has 0 amide bonds. The van der Waals surface area contributed by atoms with Gasteiger partial charge in [-0.3, -0.25) is 4.79 Å². The van der Waals surface area contributed by atoms with Gasteiger partial charge in [-0.05, 0) is 30.5 Å². The number of furan rings is 1. The van der Waals surface area contributed by atoms with E-state index in [-0.39, 0.29) is 17.5 Å². The highest BCUT2D eigenvalue weighted by atomic mass is 16.4. The maximum absolute atomic E-state index is 12.4. The summed E-state index contributed by atoms with van der Waals surface area (Å²) in [5.41, 5.74) is 2.53. The molecule has 0 bridgehead atoms. The third-order valence-corrected chi connectivity index (χ3v) is 5.63. The van der Waals surface area contributed by atoms with Gasteiger partial charge in [0.05, 0.1) is 11.4 Å². The number of nitrogens with zero attached hydrogens (tertiary/aromatic N) is 3. The SMILES string of the molecule is CC(C)[C@@H]1Cc2c(oc3cc(-n4cccn4)ccc23)-c2cc(=O)c(C(=O)O)cn21. The number of carboxylic acid groups (broad SMARTS) is 1. The van der Waals surface area contributed by atoms with Crippen molar-refractivity contribution >= 4 is 16.9 Å². The molecule has 0 saturated carbocycles. The number of benzene rings is 1. The quantitative estimate of drug-likeness (QED) is 0.574. The fraction of sp³-hybridized carbons (Fsp3) is 0.227. The maximum atomic E-state index is 12.4. The average molecular weight is 389 g/mol. The molecule has 0 aliphatic carbocycles. The molecule has 0 fully saturated rings. The van der Waals surface area contributed by atoms with Crippen LogP contribution in [0.3, 0.4) is 0 Å². The van der Waals surface area contributed by atoms with E-state index in [0.717, 1.165) is 16.6 Å². The van der Waals surface area contributed by atoms with Gasteiger partial charge in [0.1, 0.15) is 11.1 Å². The van der Waals surface area contributed by atoms with Gasteiger partial charge in [0.2, 0.25) is 0 Å². The Kier molecular flexibility index (Phi) is 3.74. The van der Waals surface area contributed by atoms with Crippen LogP contribution < -0.4 is 5.43 Å². The highest BCUT2D eigenvalue weighted by Crippen LogP contribution is 2.42. The summed E-state index contributed by atoms with van der Waals surface area (Å²) in [6.07, 6.45) is 5.74. The summed E-state index contributed by atoms with van der Waals surface area (Å²) in [4.78, 5) is 23.9. The molecule has 1 atom stereocenters. The Labute approximate surface area is 165 Å². The van der Waals surface area contributed by atoms with Crippen LogP contribution in [0.1, 0.15) is 35.8 Å². The molecule has 0 unspecified atom stereocenters. The summed E-state index contributed by atoms with van der Waals surface area (Å²) in [5, 5.41) is 14.6. The Hall–Kier alpha value is -3.61. The number of rotatable bonds is 3. The Morgan fingerprint density at radius 2 is 2.14 bits per heavy atom. The van der Waals surface area contributed by atoms with Crippen molar-refractivity contribution in [3.63, 3.8) is 0 Å². The predicted octanol–water partition coefficient (Wildman–Crippen LogP) is 3.90. The summed E-state index contributed by atoms with van der Waals surface area (Å²) >= 11 is 0. The van der Waals surface area contributed by atoms with Crippen LogP contribution in [0.25, 0.3) is 28.1 Å². The fourth-order valence-electron chi connectivity index (χ4n) is 4.14. The first-order chi connectivity index (χ1) is 13.9. The zero-order chi connectivity index (χ0) is 20.3. The van der Waals surface area contributed by atoms with E-state index in [0.29, 0.717) is 23.5 Å². The van der Waals surface area contributed by atoms with Crippen molar-refractivity contribution in [2.45, 2.75) is 26.3 Å². The average Bonchev–Trinajstić information content (AvgIpc) is 3.34. The Bertz CT molecular complexity index is 1310. The summed E-state index contributed by atoms with van der Waals surface area (Å²) < 4.78 is 9.83. The molecule has 1 aliphatic heterocycles. The molecule has 29 heavy (non-hydrogen) atoms. The van der Waals surface area contributed by atoms with Gasteiger partial charge in [-0.25, -0.2) is 9.48 Å². The molecule has 1 N–H and O–H groups in total. The van der Waals surface area contributed by atoms with E-state index in [1.54, 1.807) is 10.9 Å². The van der Waals surface area contributed by atoms with E-state index in [9.17, 15) is 14.7 Å². The van der Waals surface area contributed by atoms with E-state index < -0.39 is 11.4 Å². The second-order valence-corrected chi connectivity index (χ2v) is 7.71. The molecule has 3 aromatic heterocycles. The number of aromatic carboxylic acids is 1. The van der Waals surface area contributed by atoms with E-state index in [1.807, 2.05) is 35.0 Å². The van der Waals surface area contributed by atoms with Gasteiger partial charge in [0, 0.05) is 47.7 Å². The second-order valence-electron chi connectivity index (χ2n) is 7.71. The normalized spacial score (nSPS) is 15.5. The Morgan fingerprint density at radius 1 is 1.31 bits per heavy atom. The third-order valence-electron chi connectivity index (χ3n) is 5.63. The van der Waals surface area contributed by atoms with Crippen LogP contribution in [-0.2, 0) is 6.42 Å². The summed E-state index contributed by atoms with van der Waals surface area (Å²) in [6.45, 7) is 4.19. The van der Waals surface area contributed by atoms with E-state index in [4.69, 9.17) is 4.42 Å². The highest BCUT2D eigenvalue weighted by molar-refractivity contribution is 5.91. The van der Waals surface area contributed by atoms with Crippen molar-refractivity contribution in [2.75, 3.05) is 0 Å². The molecular weight excluding hydrogens is 370 g/mol. The second kappa shape index (κ2) is 6.20. The van der Waals surface area contributed by atoms with Crippen molar-refractivity contribution < 1.29 is 14.3 Å². The lowest BCUT2D eigenvalue weighted by Gasteiger charge is -2.31. The van der Waals surface area contributed by atoms with E-state index in [1.165, 1.54) is 12.3 Å².